The Morgan fingerprint density at radius 2 is 1.14 bits per heavy atom. The molecule has 0 aromatic heterocycles. The van der Waals surface area contributed by atoms with Crippen LogP contribution in [0.4, 0.5) is 4.11 Å². The van der Waals surface area contributed by atoms with Crippen molar-refractivity contribution in [3.63, 3.8) is 0 Å². The third kappa shape index (κ3) is 101. The van der Waals surface area contributed by atoms with Crippen molar-refractivity contribution in [1.82, 2.24) is 0 Å². The number of halogens is 1. The summed E-state index contributed by atoms with van der Waals surface area (Å²) in [5, 5.41) is 0. The van der Waals surface area contributed by atoms with Crippen molar-refractivity contribution in [3.8, 4) is 0 Å². The molecule has 0 saturated carbocycles. The third-order valence-corrected chi connectivity index (χ3v) is 0. The molecule has 0 aromatic rings. The van der Waals surface area contributed by atoms with Gasteiger partial charge in [-0.2, -0.15) is 0 Å². The molecule has 0 fully saturated rings. The van der Waals surface area contributed by atoms with Crippen molar-refractivity contribution in [2.75, 3.05) is 0 Å². The smallest absolute Gasteiger partial charge is 0 e. The van der Waals surface area contributed by atoms with Gasteiger partial charge in [0.1, 0.15) is 0 Å². The molecule has 0 bridgehead atoms. The van der Waals surface area contributed by atoms with E-state index in [0.717, 1.165) is 0 Å². The Hall–Kier alpha value is 1.49. The molecular formula is H4FLiO3ScSi. The second kappa shape index (κ2) is 5.63. The van der Waals surface area contributed by atoms with Crippen LogP contribution >= 0.6 is 0 Å². The van der Waals surface area contributed by atoms with Crippen molar-refractivity contribution in [3.05, 3.63) is 0 Å². The molecule has 0 aromatic carbocycles. The Labute approximate surface area is 72.1 Å². The molecule has 37 valence electrons. The maximum absolute atomic E-state index is 10.5. The fourth-order valence-corrected chi connectivity index (χ4v) is 0. The Morgan fingerprint density at radius 1 is 1.14 bits per heavy atom. The maximum atomic E-state index is 10.5. The minimum Gasteiger partial charge on any atom is 0 e. The standard InChI is InChI=1S/FH3O3Si.Li.Sc.H/c1-5(2,3)4;;;/h2-4H;;;. The molecule has 0 aliphatic heterocycles. The van der Waals surface area contributed by atoms with Crippen LogP contribution in [0.25, 0.3) is 0 Å². The SMILES string of the molecule is O[Si](O)(O)F.[LiH].[Sc]. The number of hydrogen-bond donors (Lipinski definition) is 3. The van der Waals surface area contributed by atoms with Gasteiger partial charge < -0.3 is 14.4 Å². The van der Waals surface area contributed by atoms with Gasteiger partial charge in [0, 0.05) is 25.8 Å². The summed E-state index contributed by atoms with van der Waals surface area (Å²) in [5.41, 5.74) is 0. The fourth-order valence-electron chi connectivity index (χ4n) is 0. The minimum atomic E-state index is -5.11. The van der Waals surface area contributed by atoms with Crippen molar-refractivity contribution in [2.24, 2.45) is 0 Å². The summed E-state index contributed by atoms with van der Waals surface area (Å²) in [6.45, 7) is 0. The van der Waals surface area contributed by atoms with Gasteiger partial charge >= 0.3 is 28.0 Å². The van der Waals surface area contributed by atoms with E-state index in [2.05, 4.69) is 0 Å². The van der Waals surface area contributed by atoms with Gasteiger partial charge in [-0.1, -0.05) is 0 Å². The van der Waals surface area contributed by atoms with Crippen LogP contribution in [0.5, 0.6) is 0 Å². The molecule has 3 N–H and O–H groups in total. The van der Waals surface area contributed by atoms with Crippen LogP contribution < -0.4 is 0 Å². The van der Waals surface area contributed by atoms with E-state index in [1.54, 1.807) is 0 Å². The second-order valence-corrected chi connectivity index (χ2v) is 1.66. The van der Waals surface area contributed by atoms with E-state index >= 15 is 0 Å². The maximum Gasteiger partial charge on any atom is 0 e. The summed E-state index contributed by atoms with van der Waals surface area (Å²) in [6, 6.07) is 0. The fraction of sp³-hybridized carbons (Fsp3) is 0. The Kier molecular flexibility index (Phi) is 12.7. The molecule has 0 amide bonds. The van der Waals surface area contributed by atoms with E-state index < -0.39 is 9.14 Å². The quantitative estimate of drug-likeness (QED) is 0.270. The predicted octanol–water partition coefficient (Wildman–Crippen LogP) is -2.28. The van der Waals surface area contributed by atoms with Crippen LogP contribution in [0, 0.1) is 0 Å². The molecule has 0 atom stereocenters. The van der Waals surface area contributed by atoms with Crippen molar-refractivity contribution < 1.29 is 44.3 Å². The Morgan fingerprint density at radius 3 is 1.14 bits per heavy atom. The summed E-state index contributed by atoms with van der Waals surface area (Å²) in [6.07, 6.45) is 0. The molecule has 0 aliphatic carbocycles. The molecule has 7 heteroatoms. The minimum absolute atomic E-state index is 0. The zero-order valence-corrected chi connectivity index (χ0v) is 5.60. The van der Waals surface area contributed by atoms with Crippen LogP contribution in [0.2, 0.25) is 0 Å². The zero-order valence-electron chi connectivity index (χ0n) is 2.80. The topological polar surface area (TPSA) is 60.7 Å². The van der Waals surface area contributed by atoms with E-state index in [9.17, 15) is 4.11 Å². The van der Waals surface area contributed by atoms with Crippen LogP contribution in [0.3, 0.4) is 0 Å². The first-order valence-electron chi connectivity index (χ1n) is 0.860. The van der Waals surface area contributed by atoms with E-state index in [-0.39, 0.29) is 44.7 Å². The van der Waals surface area contributed by atoms with Crippen LogP contribution in [0.15, 0.2) is 0 Å². The first-order valence-corrected chi connectivity index (χ1v) is 2.58. The molecule has 3 nitrogen and oxygen atoms in total. The van der Waals surface area contributed by atoms with Crippen LogP contribution in [-0.4, -0.2) is 42.4 Å². The Bertz CT molecular complexity index is 30.4. The average molecular weight is 151 g/mol. The molecule has 7 heavy (non-hydrogen) atoms. The van der Waals surface area contributed by atoms with E-state index in [4.69, 9.17) is 14.4 Å². The molecular weight excluding hydrogens is 147 g/mol. The molecule has 0 aliphatic rings. The van der Waals surface area contributed by atoms with Gasteiger partial charge in [-0.05, 0) is 0 Å². The molecule has 0 spiro atoms. The van der Waals surface area contributed by atoms with Crippen LogP contribution in [0.1, 0.15) is 0 Å². The number of rotatable bonds is 0. The molecule has 1 radical (unpaired) electrons. The first-order chi connectivity index (χ1) is 2.00. The summed E-state index contributed by atoms with van der Waals surface area (Å²) in [7, 11) is -5.11. The summed E-state index contributed by atoms with van der Waals surface area (Å²) in [4.78, 5) is 21.3. The normalized spacial score (nSPS) is 8.57. The molecule has 0 rings (SSSR count). The van der Waals surface area contributed by atoms with E-state index in [0.29, 0.717) is 0 Å². The molecule has 0 saturated heterocycles. The van der Waals surface area contributed by atoms with Gasteiger partial charge in [0.15, 0.2) is 0 Å². The summed E-state index contributed by atoms with van der Waals surface area (Å²) in [5.74, 6) is 0. The van der Waals surface area contributed by atoms with Gasteiger partial charge in [0.05, 0.1) is 0 Å². The van der Waals surface area contributed by atoms with Gasteiger partial charge in [-0.25, -0.2) is 4.11 Å². The predicted molar refractivity (Wildman–Crippen MR) is 20.7 cm³/mol. The largest absolute Gasteiger partial charge is 0 e. The summed E-state index contributed by atoms with van der Waals surface area (Å²) < 4.78 is 10.5. The number of hydrogen-bond acceptors (Lipinski definition) is 3. The van der Waals surface area contributed by atoms with E-state index in [1.165, 1.54) is 0 Å². The monoisotopic (exact) mass is 151 g/mol. The Balaban J connectivity index is -0.0000000800. The van der Waals surface area contributed by atoms with E-state index in [1.807, 2.05) is 0 Å². The van der Waals surface area contributed by atoms with Gasteiger partial charge in [0.2, 0.25) is 0 Å². The molecule has 0 unspecified atom stereocenters. The van der Waals surface area contributed by atoms with Gasteiger partial charge in [-0.3, -0.25) is 0 Å². The summed E-state index contributed by atoms with van der Waals surface area (Å²) >= 11 is 0. The van der Waals surface area contributed by atoms with Crippen molar-refractivity contribution in [2.45, 2.75) is 0 Å². The zero-order chi connectivity index (χ0) is 4.50. The van der Waals surface area contributed by atoms with Crippen molar-refractivity contribution in [1.29, 1.82) is 0 Å². The van der Waals surface area contributed by atoms with Crippen LogP contribution in [-0.2, 0) is 25.8 Å². The molecule has 0 heterocycles. The average Bonchev–Trinajstić information content (AvgIpc) is 0.722. The van der Waals surface area contributed by atoms with Crippen molar-refractivity contribution >= 4 is 28.0 Å². The first kappa shape index (κ1) is 15.8. The van der Waals surface area contributed by atoms with Gasteiger partial charge in [0.25, 0.3) is 0 Å². The third-order valence-electron chi connectivity index (χ3n) is 0. The second-order valence-electron chi connectivity index (χ2n) is 0.554. The van der Waals surface area contributed by atoms with Gasteiger partial charge in [-0.15, -0.1) is 0 Å².